The van der Waals surface area contributed by atoms with Crippen LogP contribution in [0.2, 0.25) is 0 Å². The summed E-state index contributed by atoms with van der Waals surface area (Å²) < 4.78 is 0. The monoisotopic (exact) mass is 318 g/mol. The molecule has 21 heavy (non-hydrogen) atoms. The van der Waals surface area contributed by atoms with Gasteiger partial charge in [0.15, 0.2) is 0 Å². The molecule has 0 aliphatic carbocycles. The van der Waals surface area contributed by atoms with Gasteiger partial charge in [-0.05, 0) is 19.3 Å². The first-order valence-corrected chi connectivity index (χ1v) is 6.60. The number of piperidine rings is 1. The van der Waals surface area contributed by atoms with E-state index in [1.165, 1.54) is 7.05 Å². The number of rotatable bonds is 3. The average molecular weight is 319 g/mol. The summed E-state index contributed by atoms with van der Waals surface area (Å²) in [5, 5.41) is 0. The van der Waals surface area contributed by atoms with Crippen LogP contribution in [-0.2, 0) is 14.4 Å². The fourth-order valence-electron chi connectivity index (χ4n) is 2.55. The number of urea groups is 1. The van der Waals surface area contributed by atoms with Gasteiger partial charge in [-0.1, -0.05) is 0 Å². The van der Waals surface area contributed by atoms with Crippen LogP contribution in [0.4, 0.5) is 4.79 Å². The molecule has 2 saturated heterocycles. The first kappa shape index (κ1) is 17.4. The predicted octanol–water partition coefficient (Wildman–Crippen LogP) is -0.831. The van der Waals surface area contributed by atoms with Gasteiger partial charge in [0.05, 0.1) is 0 Å². The van der Waals surface area contributed by atoms with Gasteiger partial charge in [0.2, 0.25) is 5.91 Å². The van der Waals surface area contributed by atoms with Gasteiger partial charge in [0.1, 0.15) is 6.54 Å². The molecule has 5 amide bonds. The lowest BCUT2D eigenvalue weighted by Crippen LogP contribution is -2.51. The van der Waals surface area contributed by atoms with Crippen molar-refractivity contribution in [2.75, 3.05) is 26.7 Å². The van der Waals surface area contributed by atoms with E-state index in [1.54, 1.807) is 4.90 Å². The minimum atomic E-state index is -0.952. The fourth-order valence-corrected chi connectivity index (χ4v) is 2.55. The van der Waals surface area contributed by atoms with Crippen molar-refractivity contribution in [2.45, 2.75) is 25.3 Å². The first-order chi connectivity index (χ1) is 9.47. The van der Waals surface area contributed by atoms with Crippen LogP contribution >= 0.6 is 12.4 Å². The molecule has 2 heterocycles. The number of carbonyl (C=O) groups excluding carboxylic acids is 4. The molecule has 0 radical (unpaired) electrons. The number of likely N-dealkylation sites (tertiary alicyclic amines) is 1. The van der Waals surface area contributed by atoms with Gasteiger partial charge >= 0.3 is 17.8 Å². The van der Waals surface area contributed by atoms with E-state index in [4.69, 9.17) is 5.73 Å². The summed E-state index contributed by atoms with van der Waals surface area (Å²) in [6.45, 7) is 0.525. The van der Waals surface area contributed by atoms with Crippen molar-refractivity contribution in [1.29, 1.82) is 0 Å². The molecule has 118 valence electrons. The van der Waals surface area contributed by atoms with Crippen molar-refractivity contribution in [2.24, 2.45) is 5.73 Å². The van der Waals surface area contributed by atoms with Crippen molar-refractivity contribution in [3.8, 4) is 0 Å². The van der Waals surface area contributed by atoms with E-state index < -0.39 is 24.4 Å². The van der Waals surface area contributed by atoms with Crippen LogP contribution in [0.25, 0.3) is 0 Å². The maximum Gasteiger partial charge on any atom is 0.334 e. The first-order valence-electron chi connectivity index (χ1n) is 6.60. The number of imide groups is 2. The van der Waals surface area contributed by atoms with Gasteiger partial charge in [-0.2, -0.15) is 0 Å². The smallest absolute Gasteiger partial charge is 0.334 e. The molecular weight excluding hydrogens is 300 g/mol. The Balaban J connectivity index is 0.00000220. The molecule has 9 heteroatoms. The van der Waals surface area contributed by atoms with Crippen molar-refractivity contribution >= 4 is 36.2 Å². The molecule has 0 aromatic rings. The molecule has 2 rings (SSSR count). The summed E-state index contributed by atoms with van der Waals surface area (Å²) in [7, 11) is 1.22. The van der Waals surface area contributed by atoms with Crippen molar-refractivity contribution in [3.05, 3.63) is 0 Å². The molecule has 1 unspecified atom stereocenters. The summed E-state index contributed by atoms with van der Waals surface area (Å²) in [6, 6.07) is -0.813. The number of amides is 5. The number of likely N-dealkylation sites (N-methyl/N-ethyl adjacent to an activating group) is 1. The summed E-state index contributed by atoms with van der Waals surface area (Å²) >= 11 is 0. The number of nitrogens with two attached hydrogens (primary N) is 1. The summed E-state index contributed by atoms with van der Waals surface area (Å²) in [5.74, 6) is -2.20. The van der Waals surface area contributed by atoms with Crippen LogP contribution in [0.1, 0.15) is 19.3 Å². The fraction of sp³-hybridized carbons (Fsp3) is 0.667. The predicted molar refractivity (Wildman–Crippen MR) is 75.5 cm³/mol. The standard InChI is InChI=1S/C12H18N4O4.ClH/c1-14-10(18)11(19)16(12(14)20)7-9(17)15-5-3-2-4-8(15)6-13;/h8H,2-7,13H2,1H3;1H. The second-order valence-corrected chi connectivity index (χ2v) is 5.01. The Kier molecular flexibility index (Phi) is 5.68. The van der Waals surface area contributed by atoms with E-state index in [2.05, 4.69) is 0 Å². The minimum absolute atomic E-state index is 0. The summed E-state index contributed by atoms with van der Waals surface area (Å²) in [4.78, 5) is 49.9. The van der Waals surface area contributed by atoms with E-state index in [9.17, 15) is 19.2 Å². The number of nitrogens with zero attached hydrogens (tertiary/aromatic N) is 3. The van der Waals surface area contributed by atoms with Crippen molar-refractivity contribution in [3.63, 3.8) is 0 Å². The third kappa shape index (κ3) is 3.16. The molecule has 0 aromatic heterocycles. The largest absolute Gasteiger partial charge is 0.337 e. The molecule has 0 spiro atoms. The molecule has 1 atom stereocenters. The zero-order valence-electron chi connectivity index (χ0n) is 11.8. The molecule has 8 nitrogen and oxygen atoms in total. The summed E-state index contributed by atoms with van der Waals surface area (Å²) in [6.07, 6.45) is 2.71. The summed E-state index contributed by atoms with van der Waals surface area (Å²) in [5.41, 5.74) is 5.63. The third-order valence-corrected chi connectivity index (χ3v) is 3.76. The van der Waals surface area contributed by atoms with Gasteiger partial charge < -0.3 is 10.6 Å². The van der Waals surface area contributed by atoms with Gasteiger partial charge in [-0.15, -0.1) is 12.4 Å². The quantitative estimate of drug-likeness (QED) is 0.540. The number of hydrogen-bond acceptors (Lipinski definition) is 5. The van der Waals surface area contributed by atoms with Gasteiger partial charge in [0, 0.05) is 26.2 Å². The van der Waals surface area contributed by atoms with E-state index in [0.717, 1.165) is 19.3 Å². The number of hydrogen-bond donors (Lipinski definition) is 1. The van der Waals surface area contributed by atoms with Crippen LogP contribution in [0.5, 0.6) is 0 Å². The third-order valence-electron chi connectivity index (χ3n) is 3.76. The Hall–Kier alpha value is -1.67. The molecule has 2 aliphatic rings. The second kappa shape index (κ2) is 6.86. The van der Waals surface area contributed by atoms with Crippen LogP contribution in [-0.4, -0.2) is 71.2 Å². The maximum atomic E-state index is 12.2. The molecule has 2 N–H and O–H groups in total. The highest BCUT2D eigenvalue weighted by Gasteiger charge is 2.43. The van der Waals surface area contributed by atoms with Gasteiger partial charge in [0.25, 0.3) is 0 Å². The molecule has 0 bridgehead atoms. The Bertz CT molecular complexity index is 470. The molecule has 0 aromatic carbocycles. The number of carbonyl (C=O) groups is 4. The van der Waals surface area contributed by atoms with E-state index in [1.807, 2.05) is 0 Å². The SMILES string of the molecule is CN1C(=O)C(=O)N(CC(=O)N2CCCCC2CN)C1=O.Cl. The van der Waals surface area contributed by atoms with Crippen LogP contribution < -0.4 is 5.73 Å². The highest BCUT2D eigenvalue weighted by molar-refractivity contribution is 6.44. The average Bonchev–Trinajstić information content (AvgIpc) is 2.65. The zero-order chi connectivity index (χ0) is 14.9. The minimum Gasteiger partial charge on any atom is -0.337 e. The maximum absolute atomic E-state index is 12.2. The highest BCUT2D eigenvalue weighted by Crippen LogP contribution is 2.17. The van der Waals surface area contributed by atoms with E-state index >= 15 is 0 Å². The second-order valence-electron chi connectivity index (χ2n) is 5.01. The Morgan fingerprint density at radius 2 is 1.90 bits per heavy atom. The van der Waals surface area contributed by atoms with Crippen LogP contribution in [0.3, 0.4) is 0 Å². The van der Waals surface area contributed by atoms with Crippen LogP contribution in [0.15, 0.2) is 0 Å². The zero-order valence-corrected chi connectivity index (χ0v) is 12.6. The van der Waals surface area contributed by atoms with Crippen molar-refractivity contribution in [1.82, 2.24) is 14.7 Å². The number of halogens is 1. The highest BCUT2D eigenvalue weighted by atomic mass is 35.5. The topological polar surface area (TPSA) is 104 Å². The Morgan fingerprint density at radius 3 is 2.43 bits per heavy atom. The Morgan fingerprint density at radius 1 is 1.24 bits per heavy atom. The van der Waals surface area contributed by atoms with E-state index in [0.29, 0.717) is 22.9 Å². The lowest BCUT2D eigenvalue weighted by atomic mass is 10.0. The Labute approximate surface area is 128 Å². The van der Waals surface area contributed by atoms with E-state index in [-0.39, 0.29) is 24.4 Å². The van der Waals surface area contributed by atoms with Gasteiger partial charge in [-0.3, -0.25) is 19.3 Å². The molecular formula is C12H19ClN4O4. The van der Waals surface area contributed by atoms with Gasteiger partial charge in [-0.25, -0.2) is 9.69 Å². The molecule has 2 aliphatic heterocycles. The molecule has 0 saturated carbocycles. The molecule has 2 fully saturated rings. The lowest BCUT2D eigenvalue weighted by Gasteiger charge is -2.35. The lowest BCUT2D eigenvalue weighted by molar-refractivity contribution is -0.145. The van der Waals surface area contributed by atoms with Crippen molar-refractivity contribution < 1.29 is 19.2 Å². The normalized spacial score (nSPS) is 22.7. The van der Waals surface area contributed by atoms with Crippen LogP contribution in [0, 0.1) is 0 Å².